The molecule has 0 aromatic heterocycles. The number of benzene rings is 1. The third-order valence-electron chi connectivity index (χ3n) is 3.40. The van der Waals surface area contributed by atoms with Crippen molar-refractivity contribution in [1.29, 1.82) is 0 Å². The minimum atomic E-state index is -0.322. The second kappa shape index (κ2) is 7.34. The Labute approximate surface area is 114 Å². The van der Waals surface area contributed by atoms with Crippen molar-refractivity contribution in [3.05, 3.63) is 23.8 Å². The molecule has 1 N–H and O–H groups in total. The van der Waals surface area contributed by atoms with E-state index in [0.717, 1.165) is 37.5 Å². The first-order chi connectivity index (χ1) is 9.31. The van der Waals surface area contributed by atoms with Crippen LogP contribution in [0.15, 0.2) is 18.2 Å². The molecule has 1 aliphatic heterocycles. The molecule has 0 unspecified atom stereocenters. The van der Waals surface area contributed by atoms with E-state index in [1.165, 1.54) is 12.1 Å². The average molecular weight is 266 g/mol. The molecule has 1 heterocycles. The molecule has 106 valence electrons. The molecular formula is C15H23FN2O. The average Bonchev–Trinajstić information content (AvgIpc) is 2.70. The first-order valence-electron chi connectivity index (χ1n) is 7.06. The molecule has 0 amide bonds. The lowest BCUT2D eigenvalue weighted by Crippen LogP contribution is -2.27. The van der Waals surface area contributed by atoms with Gasteiger partial charge in [0.2, 0.25) is 0 Å². The maximum absolute atomic E-state index is 12.0. The van der Waals surface area contributed by atoms with Gasteiger partial charge in [-0.25, -0.2) is 0 Å². The summed E-state index contributed by atoms with van der Waals surface area (Å²) in [7, 11) is 0. The summed E-state index contributed by atoms with van der Waals surface area (Å²) in [5, 5.41) is 3.41. The van der Waals surface area contributed by atoms with Crippen molar-refractivity contribution in [2.45, 2.75) is 19.8 Å². The van der Waals surface area contributed by atoms with Crippen LogP contribution in [0.1, 0.15) is 18.4 Å². The van der Waals surface area contributed by atoms with Crippen molar-refractivity contribution in [2.75, 3.05) is 44.4 Å². The molecule has 1 aromatic carbocycles. The fourth-order valence-corrected chi connectivity index (χ4v) is 2.33. The van der Waals surface area contributed by atoms with Crippen LogP contribution in [-0.4, -0.2) is 39.5 Å². The lowest BCUT2D eigenvalue weighted by molar-refractivity contribution is 0.288. The highest BCUT2D eigenvalue weighted by atomic mass is 19.1. The summed E-state index contributed by atoms with van der Waals surface area (Å²) in [6.07, 6.45) is 1.63. The van der Waals surface area contributed by atoms with Gasteiger partial charge in [-0.15, -0.1) is 0 Å². The third-order valence-corrected chi connectivity index (χ3v) is 3.40. The number of rotatable bonds is 5. The van der Waals surface area contributed by atoms with Gasteiger partial charge in [0.05, 0.1) is 13.3 Å². The van der Waals surface area contributed by atoms with E-state index >= 15 is 0 Å². The molecule has 2 rings (SSSR count). The lowest BCUT2D eigenvalue weighted by Gasteiger charge is -2.23. The molecular weight excluding hydrogens is 243 g/mol. The number of ether oxygens (including phenoxy) is 1. The molecule has 0 aliphatic carbocycles. The summed E-state index contributed by atoms with van der Waals surface area (Å²) < 4.78 is 17.6. The molecule has 0 saturated carbocycles. The van der Waals surface area contributed by atoms with Crippen molar-refractivity contribution in [3.63, 3.8) is 0 Å². The van der Waals surface area contributed by atoms with E-state index < -0.39 is 0 Å². The highest BCUT2D eigenvalue weighted by Crippen LogP contribution is 2.25. The van der Waals surface area contributed by atoms with Crippen LogP contribution in [0.3, 0.4) is 0 Å². The van der Waals surface area contributed by atoms with Crippen LogP contribution in [0, 0.1) is 6.92 Å². The summed E-state index contributed by atoms with van der Waals surface area (Å²) in [6, 6.07) is 6.26. The van der Waals surface area contributed by atoms with E-state index in [-0.39, 0.29) is 6.67 Å². The van der Waals surface area contributed by atoms with Gasteiger partial charge in [0.15, 0.2) is 0 Å². The first-order valence-corrected chi connectivity index (χ1v) is 7.06. The third kappa shape index (κ3) is 4.10. The molecule has 0 bridgehead atoms. The lowest BCUT2D eigenvalue weighted by atomic mass is 10.2. The van der Waals surface area contributed by atoms with Crippen LogP contribution in [0.4, 0.5) is 10.1 Å². The highest BCUT2D eigenvalue weighted by Gasteiger charge is 2.10. The van der Waals surface area contributed by atoms with E-state index in [1.54, 1.807) is 0 Å². The van der Waals surface area contributed by atoms with Crippen molar-refractivity contribution < 1.29 is 9.13 Å². The van der Waals surface area contributed by atoms with E-state index in [0.29, 0.717) is 13.0 Å². The fourth-order valence-electron chi connectivity index (χ4n) is 2.33. The largest absolute Gasteiger partial charge is 0.493 e. The SMILES string of the molecule is Cc1cc(N2CCCNCC2)ccc1OCCCF. The molecule has 1 aromatic rings. The number of hydrogen-bond donors (Lipinski definition) is 1. The number of hydrogen-bond acceptors (Lipinski definition) is 3. The van der Waals surface area contributed by atoms with Gasteiger partial charge in [-0.05, 0) is 43.7 Å². The molecule has 1 aliphatic rings. The van der Waals surface area contributed by atoms with Crippen molar-refractivity contribution in [3.8, 4) is 5.75 Å². The number of aryl methyl sites for hydroxylation is 1. The van der Waals surface area contributed by atoms with Crippen LogP contribution in [-0.2, 0) is 0 Å². The van der Waals surface area contributed by atoms with Crippen molar-refractivity contribution >= 4 is 5.69 Å². The zero-order valence-corrected chi connectivity index (χ0v) is 11.6. The fraction of sp³-hybridized carbons (Fsp3) is 0.600. The minimum absolute atomic E-state index is 0.322. The number of nitrogens with one attached hydrogen (secondary N) is 1. The second-order valence-electron chi connectivity index (χ2n) is 4.93. The van der Waals surface area contributed by atoms with Crippen molar-refractivity contribution in [2.24, 2.45) is 0 Å². The molecule has 1 fully saturated rings. The van der Waals surface area contributed by atoms with Crippen LogP contribution in [0.2, 0.25) is 0 Å². The molecule has 1 saturated heterocycles. The molecule has 0 atom stereocenters. The Morgan fingerprint density at radius 1 is 1.32 bits per heavy atom. The van der Waals surface area contributed by atoms with E-state index in [4.69, 9.17) is 4.74 Å². The summed E-state index contributed by atoms with van der Waals surface area (Å²) in [4.78, 5) is 2.40. The summed E-state index contributed by atoms with van der Waals surface area (Å²) >= 11 is 0. The number of anilines is 1. The van der Waals surface area contributed by atoms with Gasteiger partial charge in [0.1, 0.15) is 5.75 Å². The standard InChI is InChI=1S/C15H23FN2O/c1-13-12-14(18-9-3-7-17-8-10-18)4-5-15(13)19-11-2-6-16/h4-5,12,17H,2-3,6-11H2,1H3. The van der Waals surface area contributed by atoms with Gasteiger partial charge in [-0.3, -0.25) is 4.39 Å². The zero-order valence-electron chi connectivity index (χ0n) is 11.6. The Morgan fingerprint density at radius 3 is 3.00 bits per heavy atom. The predicted octanol–water partition coefficient (Wildman–Crippen LogP) is 2.53. The number of halogens is 1. The normalized spacial score (nSPS) is 16.2. The Bertz CT molecular complexity index is 390. The van der Waals surface area contributed by atoms with Gasteiger partial charge in [-0.2, -0.15) is 0 Å². The van der Waals surface area contributed by atoms with E-state index in [2.05, 4.69) is 22.3 Å². The highest BCUT2D eigenvalue weighted by molar-refractivity contribution is 5.53. The minimum Gasteiger partial charge on any atom is -0.493 e. The molecule has 0 radical (unpaired) electrons. The number of alkyl halides is 1. The van der Waals surface area contributed by atoms with Gasteiger partial charge >= 0.3 is 0 Å². The molecule has 0 spiro atoms. The van der Waals surface area contributed by atoms with E-state index in [1.807, 2.05) is 13.0 Å². The Balaban J connectivity index is 2.00. The molecule has 19 heavy (non-hydrogen) atoms. The number of nitrogens with zero attached hydrogens (tertiary/aromatic N) is 1. The summed E-state index contributed by atoms with van der Waals surface area (Å²) in [5.41, 5.74) is 2.37. The second-order valence-corrected chi connectivity index (χ2v) is 4.93. The topological polar surface area (TPSA) is 24.5 Å². The van der Waals surface area contributed by atoms with E-state index in [9.17, 15) is 4.39 Å². The van der Waals surface area contributed by atoms with Crippen molar-refractivity contribution in [1.82, 2.24) is 5.32 Å². The van der Waals surface area contributed by atoms with Crippen LogP contribution in [0.25, 0.3) is 0 Å². The maximum atomic E-state index is 12.0. The predicted molar refractivity (Wildman–Crippen MR) is 77.0 cm³/mol. The monoisotopic (exact) mass is 266 g/mol. The van der Waals surface area contributed by atoms with Gasteiger partial charge < -0.3 is 15.0 Å². The smallest absolute Gasteiger partial charge is 0.122 e. The van der Waals surface area contributed by atoms with Crippen LogP contribution < -0.4 is 15.0 Å². The quantitative estimate of drug-likeness (QED) is 0.829. The summed E-state index contributed by atoms with van der Waals surface area (Å²) in [6.45, 7) is 6.44. The first kappa shape index (κ1) is 14.1. The summed E-state index contributed by atoms with van der Waals surface area (Å²) in [5.74, 6) is 0.866. The zero-order chi connectivity index (χ0) is 13.5. The molecule has 4 heteroatoms. The van der Waals surface area contributed by atoms with Crippen LogP contribution in [0.5, 0.6) is 5.75 Å². The van der Waals surface area contributed by atoms with Gasteiger partial charge in [0.25, 0.3) is 0 Å². The Kier molecular flexibility index (Phi) is 5.45. The van der Waals surface area contributed by atoms with Gasteiger partial charge in [0, 0.05) is 31.7 Å². The Morgan fingerprint density at radius 2 is 2.21 bits per heavy atom. The Hall–Kier alpha value is -1.29. The molecule has 3 nitrogen and oxygen atoms in total. The van der Waals surface area contributed by atoms with Crippen LogP contribution >= 0.6 is 0 Å². The maximum Gasteiger partial charge on any atom is 0.122 e. The van der Waals surface area contributed by atoms with Gasteiger partial charge in [-0.1, -0.05) is 0 Å².